The van der Waals surface area contributed by atoms with Crippen LogP contribution in [0, 0.1) is 6.92 Å². The van der Waals surface area contributed by atoms with Gasteiger partial charge in [0, 0.05) is 23.8 Å². The van der Waals surface area contributed by atoms with Crippen molar-refractivity contribution in [1.29, 1.82) is 0 Å². The van der Waals surface area contributed by atoms with E-state index >= 15 is 0 Å². The van der Waals surface area contributed by atoms with E-state index in [0.29, 0.717) is 18.4 Å². The molecule has 2 unspecified atom stereocenters. The molecule has 0 bridgehead atoms. The summed E-state index contributed by atoms with van der Waals surface area (Å²) in [6.07, 6.45) is 1.84. The number of hydrogen-bond acceptors (Lipinski definition) is 5. The van der Waals surface area contributed by atoms with Crippen molar-refractivity contribution in [3.05, 3.63) is 11.8 Å². The fourth-order valence-electron chi connectivity index (χ4n) is 1.72. The molecule has 0 saturated heterocycles. The summed E-state index contributed by atoms with van der Waals surface area (Å²) in [5.41, 5.74) is 6.66. The van der Waals surface area contributed by atoms with Gasteiger partial charge in [0.25, 0.3) is 0 Å². The maximum absolute atomic E-state index is 5.77. The van der Waals surface area contributed by atoms with Gasteiger partial charge in [0.05, 0.1) is 6.61 Å². The quantitative estimate of drug-likeness (QED) is 0.777. The van der Waals surface area contributed by atoms with E-state index in [4.69, 9.17) is 10.5 Å². The van der Waals surface area contributed by atoms with Crippen molar-refractivity contribution in [2.24, 2.45) is 5.73 Å². The zero-order valence-corrected chi connectivity index (χ0v) is 11.7. The SMILES string of the molecule is CCCOc1cc(C)nc(NC(C)CC(C)N)n1. The first-order chi connectivity index (χ1) is 8.51. The highest BCUT2D eigenvalue weighted by atomic mass is 16.5. The van der Waals surface area contributed by atoms with Crippen LogP contribution in [0.3, 0.4) is 0 Å². The molecular formula is C13H24N4O. The van der Waals surface area contributed by atoms with Crippen molar-refractivity contribution in [2.75, 3.05) is 11.9 Å². The van der Waals surface area contributed by atoms with E-state index in [1.807, 2.05) is 19.9 Å². The number of ether oxygens (including phenoxy) is 1. The van der Waals surface area contributed by atoms with E-state index in [1.54, 1.807) is 0 Å². The first-order valence-electron chi connectivity index (χ1n) is 6.51. The summed E-state index contributed by atoms with van der Waals surface area (Å²) in [6, 6.07) is 2.25. The predicted molar refractivity (Wildman–Crippen MR) is 73.9 cm³/mol. The highest BCUT2D eigenvalue weighted by molar-refractivity contribution is 5.31. The van der Waals surface area contributed by atoms with Gasteiger partial charge >= 0.3 is 0 Å². The Morgan fingerprint density at radius 1 is 1.39 bits per heavy atom. The molecule has 0 aromatic carbocycles. The zero-order chi connectivity index (χ0) is 13.5. The highest BCUT2D eigenvalue weighted by Crippen LogP contribution is 2.13. The largest absolute Gasteiger partial charge is 0.478 e. The van der Waals surface area contributed by atoms with Gasteiger partial charge in [-0.1, -0.05) is 6.92 Å². The van der Waals surface area contributed by atoms with E-state index in [-0.39, 0.29) is 12.1 Å². The smallest absolute Gasteiger partial charge is 0.226 e. The summed E-state index contributed by atoms with van der Waals surface area (Å²) in [4.78, 5) is 8.68. The second kappa shape index (κ2) is 7.16. The summed E-state index contributed by atoms with van der Waals surface area (Å²) in [6.45, 7) is 8.73. The summed E-state index contributed by atoms with van der Waals surface area (Å²) < 4.78 is 5.52. The Morgan fingerprint density at radius 3 is 2.72 bits per heavy atom. The Kier molecular flexibility index (Phi) is 5.85. The van der Waals surface area contributed by atoms with Crippen LogP contribution in [0.4, 0.5) is 5.95 Å². The molecule has 5 nitrogen and oxygen atoms in total. The van der Waals surface area contributed by atoms with Gasteiger partial charge in [-0.3, -0.25) is 0 Å². The monoisotopic (exact) mass is 252 g/mol. The van der Waals surface area contributed by atoms with Gasteiger partial charge < -0.3 is 15.8 Å². The maximum Gasteiger partial charge on any atom is 0.226 e. The molecule has 0 aliphatic carbocycles. The summed E-state index contributed by atoms with van der Waals surface area (Å²) in [5.74, 6) is 1.23. The molecule has 1 heterocycles. The minimum atomic E-state index is 0.160. The summed E-state index contributed by atoms with van der Waals surface area (Å²) >= 11 is 0. The molecule has 102 valence electrons. The highest BCUT2D eigenvalue weighted by Gasteiger charge is 2.08. The lowest BCUT2D eigenvalue weighted by Crippen LogP contribution is -2.27. The number of nitrogens with one attached hydrogen (secondary N) is 1. The Morgan fingerprint density at radius 2 is 2.11 bits per heavy atom. The molecule has 2 atom stereocenters. The molecule has 18 heavy (non-hydrogen) atoms. The molecule has 0 aliphatic heterocycles. The molecule has 1 aromatic heterocycles. The Hall–Kier alpha value is -1.36. The molecule has 1 aromatic rings. The summed E-state index contributed by atoms with van der Waals surface area (Å²) in [7, 11) is 0. The van der Waals surface area contributed by atoms with Crippen LogP contribution in [0.25, 0.3) is 0 Å². The number of anilines is 1. The van der Waals surface area contributed by atoms with Crippen molar-refractivity contribution in [2.45, 2.75) is 52.6 Å². The fraction of sp³-hybridized carbons (Fsp3) is 0.692. The second-order valence-electron chi connectivity index (χ2n) is 4.78. The lowest BCUT2D eigenvalue weighted by atomic mass is 10.1. The molecule has 3 N–H and O–H groups in total. The van der Waals surface area contributed by atoms with E-state index < -0.39 is 0 Å². The Balaban J connectivity index is 2.67. The van der Waals surface area contributed by atoms with E-state index in [9.17, 15) is 0 Å². The van der Waals surface area contributed by atoms with E-state index in [0.717, 1.165) is 18.5 Å². The second-order valence-corrected chi connectivity index (χ2v) is 4.78. The first kappa shape index (κ1) is 14.7. The Labute approximate surface area is 109 Å². The van der Waals surface area contributed by atoms with Crippen molar-refractivity contribution in [3.8, 4) is 5.88 Å². The minimum absolute atomic E-state index is 0.160. The van der Waals surface area contributed by atoms with Gasteiger partial charge in [0.15, 0.2) is 0 Å². The van der Waals surface area contributed by atoms with Gasteiger partial charge in [-0.2, -0.15) is 4.98 Å². The fourth-order valence-corrected chi connectivity index (χ4v) is 1.72. The van der Waals surface area contributed by atoms with Crippen LogP contribution in [0.15, 0.2) is 6.07 Å². The zero-order valence-electron chi connectivity index (χ0n) is 11.7. The molecular weight excluding hydrogens is 228 g/mol. The lowest BCUT2D eigenvalue weighted by Gasteiger charge is -2.16. The normalized spacial score (nSPS) is 14.1. The van der Waals surface area contributed by atoms with Crippen molar-refractivity contribution in [1.82, 2.24) is 9.97 Å². The predicted octanol–water partition coefficient (Wildman–Crippen LogP) is 2.11. The summed E-state index contributed by atoms with van der Waals surface area (Å²) in [5, 5.41) is 3.25. The van der Waals surface area contributed by atoms with E-state index in [1.165, 1.54) is 0 Å². The molecule has 0 aliphatic rings. The minimum Gasteiger partial charge on any atom is -0.478 e. The van der Waals surface area contributed by atoms with Crippen molar-refractivity contribution < 1.29 is 4.74 Å². The van der Waals surface area contributed by atoms with E-state index in [2.05, 4.69) is 29.1 Å². The van der Waals surface area contributed by atoms with Gasteiger partial charge in [0.2, 0.25) is 11.8 Å². The molecule has 0 amide bonds. The van der Waals surface area contributed by atoms with Crippen molar-refractivity contribution >= 4 is 5.95 Å². The average molecular weight is 252 g/mol. The van der Waals surface area contributed by atoms with Crippen LogP contribution in [-0.2, 0) is 0 Å². The van der Waals surface area contributed by atoms with Crippen LogP contribution in [0.1, 0.15) is 39.3 Å². The number of hydrogen-bond donors (Lipinski definition) is 2. The average Bonchev–Trinajstić information content (AvgIpc) is 2.24. The van der Waals surface area contributed by atoms with Crippen LogP contribution >= 0.6 is 0 Å². The van der Waals surface area contributed by atoms with Gasteiger partial charge in [-0.25, -0.2) is 4.98 Å². The molecule has 0 saturated carbocycles. The number of aromatic nitrogens is 2. The topological polar surface area (TPSA) is 73.1 Å². The van der Waals surface area contributed by atoms with Crippen LogP contribution in [0.5, 0.6) is 5.88 Å². The number of nitrogens with zero attached hydrogens (tertiary/aromatic N) is 2. The van der Waals surface area contributed by atoms with Crippen LogP contribution in [-0.4, -0.2) is 28.7 Å². The lowest BCUT2D eigenvalue weighted by molar-refractivity contribution is 0.305. The number of nitrogens with two attached hydrogens (primary N) is 1. The Bertz CT molecular complexity index is 368. The molecule has 0 spiro atoms. The van der Waals surface area contributed by atoms with Gasteiger partial charge in [0.1, 0.15) is 0 Å². The molecule has 0 fully saturated rings. The van der Waals surface area contributed by atoms with Crippen LogP contribution < -0.4 is 15.8 Å². The first-order valence-corrected chi connectivity index (χ1v) is 6.51. The molecule has 5 heteroatoms. The number of rotatable bonds is 7. The molecule has 1 rings (SSSR count). The van der Waals surface area contributed by atoms with Crippen LogP contribution in [0.2, 0.25) is 0 Å². The standard InChI is InChI=1S/C13H24N4O/c1-5-6-18-12-8-11(4)16-13(17-12)15-10(3)7-9(2)14/h8-10H,5-7,14H2,1-4H3,(H,15,16,17). The van der Waals surface area contributed by atoms with Gasteiger partial charge in [-0.05, 0) is 33.6 Å². The van der Waals surface area contributed by atoms with Gasteiger partial charge in [-0.15, -0.1) is 0 Å². The third-order valence-electron chi connectivity index (χ3n) is 2.39. The molecule has 0 radical (unpaired) electrons. The number of aryl methyl sites for hydroxylation is 1. The van der Waals surface area contributed by atoms with Crippen molar-refractivity contribution in [3.63, 3.8) is 0 Å². The third-order valence-corrected chi connectivity index (χ3v) is 2.39. The third kappa shape index (κ3) is 5.31. The maximum atomic E-state index is 5.77.